The van der Waals surface area contributed by atoms with Gasteiger partial charge in [-0.2, -0.15) is 5.10 Å². The highest BCUT2D eigenvalue weighted by molar-refractivity contribution is 6.31. The van der Waals surface area contributed by atoms with E-state index in [0.717, 1.165) is 17.0 Å². The molecule has 0 atom stereocenters. The van der Waals surface area contributed by atoms with Gasteiger partial charge < -0.3 is 4.74 Å². The maximum absolute atomic E-state index is 11.0. The second-order valence-corrected chi connectivity index (χ2v) is 4.85. The minimum Gasteiger partial charge on any atom is -0.488 e. The summed E-state index contributed by atoms with van der Waals surface area (Å²) < 4.78 is 5.60. The van der Waals surface area contributed by atoms with Crippen molar-refractivity contribution >= 4 is 23.1 Å². The van der Waals surface area contributed by atoms with E-state index in [1.165, 1.54) is 6.20 Å². The number of ether oxygens (including phenoxy) is 1. The minimum atomic E-state index is -0.430. The average Bonchev–Trinajstić information content (AvgIpc) is 2.46. The van der Waals surface area contributed by atoms with Gasteiger partial charge in [0.1, 0.15) is 18.2 Å². The van der Waals surface area contributed by atoms with Crippen LogP contribution in [0.15, 0.2) is 40.4 Å². The van der Waals surface area contributed by atoms with Crippen LogP contribution in [0.2, 0.25) is 5.02 Å². The van der Waals surface area contributed by atoms with Crippen molar-refractivity contribution in [3.8, 4) is 5.75 Å². The van der Waals surface area contributed by atoms with Crippen molar-refractivity contribution in [2.75, 3.05) is 12.0 Å². The molecule has 0 bridgehead atoms. The van der Waals surface area contributed by atoms with Gasteiger partial charge in [-0.3, -0.25) is 10.4 Å². The fourth-order valence-corrected chi connectivity index (χ4v) is 1.63. The Bertz CT molecular complexity index is 712. The molecule has 6 nitrogen and oxygen atoms in total. The molecule has 0 spiro atoms. The molecule has 0 unspecified atom stereocenters. The number of nitrogens with one attached hydrogen (secondary N) is 2. The molecule has 1 heterocycles. The van der Waals surface area contributed by atoms with Crippen LogP contribution in [0, 0.1) is 6.92 Å². The number of aromatic nitrogens is 2. The number of hydrogen-bond acceptors (Lipinski definition) is 5. The molecule has 7 heteroatoms. The first-order valence-corrected chi connectivity index (χ1v) is 6.66. The Morgan fingerprint density at radius 1 is 1.48 bits per heavy atom. The Morgan fingerprint density at radius 2 is 2.29 bits per heavy atom. The summed E-state index contributed by atoms with van der Waals surface area (Å²) in [5.41, 5.74) is 3.98. The number of H-pyrrole nitrogens is 1. The molecular weight excluding hydrogens is 292 g/mol. The zero-order chi connectivity index (χ0) is 15.2. The smallest absolute Gasteiger partial charge is 0.346 e. The number of aryl methyl sites for hydroxylation is 1. The van der Waals surface area contributed by atoms with Gasteiger partial charge in [-0.05, 0) is 43.7 Å². The lowest BCUT2D eigenvalue weighted by Crippen LogP contribution is -2.13. The lowest BCUT2D eigenvalue weighted by Gasteiger charge is -2.08. The highest BCUT2D eigenvalue weighted by Crippen LogP contribution is 2.20. The van der Waals surface area contributed by atoms with E-state index in [4.69, 9.17) is 16.3 Å². The molecule has 2 rings (SSSR count). The third-order valence-corrected chi connectivity index (χ3v) is 3.04. The highest BCUT2D eigenvalue weighted by Gasteiger charge is 2.00. The van der Waals surface area contributed by atoms with Crippen molar-refractivity contribution in [2.24, 2.45) is 5.10 Å². The molecule has 1 aromatic heterocycles. The van der Waals surface area contributed by atoms with Gasteiger partial charge in [0, 0.05) is 11.2 Å². The molecule has 0 aliphatic carbocycles. The van der Waals surface area contributed by atoms with Crippen LogP contribution in [0.3, 0.4) is 0 Å². The number of anilines is 1. The van der Waals surface area contributed by atoms with E-state index in [1.807, 2.05) is 19.9 Å². The number of rotatable bonds is 5. The van der Waals surface area contributed by atoms with E-state index in [0.29, 0.717) is 17.4 Å². The first-order valence-electron chi connectivity index (χ1n) is 6.28. The Kier molecular flexibility index (Phi) is 4.94. The van der Waals surface area contributed by atoms with Gasteiger partial charge in [0.05, 0.1) is 5.71 Å². The molecule has 1 aromatic carbocycles. The van der Waals surface area contributed by atoms with Gasteiger partial charge in [-0.15, -0.1) is 0 Å². The summed E-state index contributed by atoms with van der Waals surface area (Å²) in [6.07, 6.45) is 1.40. The standard InChI is InChI=1S/C14H15ClN4O2/c1-9-7-11(3-4-12(9)15)21-8-10(2)18-19-13-5-6-16-14(20)17-13/h3-7H,8H2,1-2H3,(H2,16,17,19,20)/b18-10+. The Morgan fingerprint density at radius 3 is 3.00 bits per heavy atom. The monoisotopic (exact) mass is 306 g/mol. The van der Waals surface area contributed by atoms with Crippen molar-refractivity contribution in [3.63, 3.8) is 0 Å². The summed E-state index contributed by atoms with van der Waals surface area (Å²) in [5.74, 6) is 1.19. The van der Waals surface area contributed by atoms with Crippen LogP contribution < -0.4 is 15.9 Å². The second-order valence-electron chi connectivity index (χ2n) is 4.45. The Balaban J connectivity index is 1.91. The van der Waals surface area contributed by atoms with Crippen LogP contribution in [0.5, 0.6) is 5.75 Å². The van der Waals surface area contributed by atoms with Gasteiger partial charge in [-0.25, -0.2) is 9.78 Å². The summed E-state index contributed by atoms with van der Waals surface area (Å²) in [5, 5.41) is 4.81. The summed E-state index contributed by atoms with van der Waals surface area (Å²) in [4.78, 5) is 17.0. The third kappa shape index (κ3) is 4.61. The van der Waals surface area contributed by atoms with Crippen molar-refractivity contribution in [3.05, 3.63) is 51.5 Å². The molecule has 2 aromatic rings. The quantitative estimate of drug-likeness (QED) is 0.657. The first-order chi connectivity index (χ1) is 10.0. The first kappa shape index (κ1) is 15.1. The van der Waals surface area contributed by atoms with Crippen LogP contribution in [0.1, 0.15) is 12.5 Å². The maximum Gasteiger partial charge on any atom is 0.346 e. The SMILES string of the molecule is C/C(COc1ccc(Cl)c(C)c1)=N\Nc1ccnc(=O)[nH]1. The van der Waals surface area contributed by atoms with Crippen LogP contribution in [0.4, 0.5) is 5.82 Å². The predicted octanol–water partition coefficient (Wildman–Crippen LogP) is 2.60. The molecule has 0 saturated heterocycles. The zero-order valence-electron chi connectivity index (χ0n) is 11.7. The molecule has 110 valence electrons. The fraction of sp³-hybridized carbons (Fsp3) is 0.214. The lowest BCUT2D eigenvalue weighted by molar-refractivity contribution is 0.375. The average molecular weight is 307 g/mol. The summed E-state index contributed by atoms with van der Waals surface area (Å²) >= 11 is 5.95. The molecule has 0 amide bonds. The van der Waals surface area contributed by atoms with E-state index < -0.39 is 5.69 Å². The minimum absolute atomic E-state index is 0.323. The largest absolute Gasteiger partial charge is 0.488 e. The van der Waals surface area contributed by atoms with Crippen LogP contribution >= 0.6 is 11.6 Å². The van der Waals surface area contributed by atoms with Gasteiger partial charge in [-0.1, -0.05) is 11.6 Å². The Labute approximate surface area is 126 Å². The maximum atomic E-state index is 11.0. The Hall–Kier alpha value is -2.34. The van der Waals surface area contributed by atoms with Gasteiger partial charge >= 0.3 is 5.69 Å². The lowest BCUT2D eigenvalue weighted by atomic mass is 10.2. The second kappa shape index (κ2) is 6.90. The number of aromatic amines is 1. The fourth-order valence-electron chi connectivity index (χ4n) is 1.52. The van der Waals surface area contributed by atoms with E-state index in [-0.39, 0.29) is 0 Å². The van der Waals surface area contributed by atoms with E-state index in [9.17, 15) is 4.79 Å². The van der Waals surface area contributed by atoms with E-state index in [1.54, 1.807) is 18.2 Å². The molecule has 2 N–H and O–H groups in total. The topological polar surface area (TPSA) is 79.4 Å². The van der Waals surface area contributed by atoms with E-state index in [2.05, 4.69) is 20.5 Å². The van der Waals surface area contributed by atoms with Crippen LogP contribution in [-0.4, -0.2) is 22.3 Å². The molecule has 0 aliphatic heterocycles. The number of hydrazone groups is 1. The summed E-state index contributed by atoms with van der Waals surface area (Å²) in [7, 11) is 0. The van der Waals surface area contributed by atoms with Crippen molar-refractivity contribution < 1.29 is 4.74 Å². The third-order valence-electron chi connectivity index (χ3n) is 2.62. The number of benzene rings is 1. The van der Waals surface area contributed by atoms with Gasteiger partial charge in [0.25, 0.3) is 0 Å². The zero-order valence-corrected chi connectivity index (χ0v) is 12.4. The highest BCUT2D eigenvalue weighted by atomic mass is 35.5. The normalized spacial score (nSPS) is 11.3. The predicted molar refractivity (Wildman–Crippen MR) is 83.3 cm³/mol. The van der Waals surface area contributed by atoms with Crippen LogP contribution in [-0.2, 0) is 0 Å². The number of hydrogen-bond donors (Lipinski definition) is 2. The van der Waals surface area contributed by atoms with Crippen molar-refractivity contribution in [2.45, 2.75) is 13.8 Å². The van der Waals surface area contributed by atoms with Gasteiger partial charge in [0.2, 0.25) is 0 Å². The number of nitrogens with zero attached hydrogens (tertiary/aromatic N) is 2. The molecule has 21 heavy (non-hydrogen) atoms. The summed E-state index contributed by atoms with van der Waals surface area (Å²) in [6.45, 7) is 4.05. The van der Waals surface area contributed by atoms with Crippen molar-refractivity contribution in [1.82, 2.24) is 9.97 Å². The number of halogens is 1. The molecular formula is C14H15ClN4O2. The summed E-state index contributed by atoms with van der Waals surface area (Å²) in [6, 6.07) is 7.07. The molecule has 0 aliphatic rings. The molecule has 0 saturated carbocycles. The molecule has 0 fully saturated rings. The van der Waals surface area contributed by atoms with E-state index >= 15 is 0 Å². The van der Waals surface area contributed by atoms with Crippen LogP contribution in [0.25, 0.3) is 0 Å². The van der Waals surface area contributed by atoms with Crippen molar-refractivity contribution in [1.29, 1.82) is 0 Å². The van der Waals surface area contributed by atoms with Gasteiger partial charge in [0.15, 0.2) is 0 Å². The molecule has 0 radical (unpaired) electrons.